The molecule has 1 aromatic heterocycles. The first-order valence-electron chi connectivity index (χ1n) is 8.59. The number of aromatic amines is 1. The predicted octanol–water partition coefficient (Wildman–Crippen LogP) is 2.52. The first-order valence-corrected chi connectivity index (χ1v) is 8.59. The van der Waals surface area contributed by atoms with Gasteiger partial charge in [-0.2, -0.15) is 0 Å². The van der Waals surface area contributed by atoms with Crippen LogP contribution in [-0.4, -0.2) is 41.1 Å². The molecule has 0 saturated heterocycles. The van der Waals surface area contributed by atoms with E-state index in [-0.39, 0.29) is 17.0 Å². The number of Topliss-reactive ketones (excluding diaryl/α,β-unsaturated/α-hetero) is 2. The molecule has 0 spiro atoms. The fourth-order valence-corrected chi connectivity index (χ4v) is 2.88. The monoisotopic (exact) mass is 388 g/mol. The predicted molar refractivity (Wildman–Crippen MR) is 98.9 cm³/mol. The summed E-state index contributed by atoms with van der Waals surface area (Å²) in [5, 5.41) is 2.34. The van der Waals surface area contributed by atoms with Gasteiger partial charge in [0.05, 0.1) is 5.69 Å². The minimum atomic E-state index is -1.10. The molecular weight excluding hydrogens is 367 g/mol. The van der Waals surface area contributed by atoms with Gasteiger partial charge >= 0.3 is 5.97 Å². The zero-order valence-electron chi connectivity index (χ0n) is 16.0. The van der Waals surface area contributed by atoms with Crippen LogP contribution in [0, 0.1) is 19.7 Å². The lowest BCUT2D eigenvalue weighted by Crippen LogP contribution is -2.34. The molecule has 2 N–H and O–H groups in total. The van der Waals surface area contributed by atoms with Crippen molar-refractivity contribution in [2.24, 2.45) is 0 Å². The molecule has 2 rings (SSSR count). The average molecular weight is 388 g/mol. The maximum Gasteiger partial charge on any atom is 0.326 e. The number of aryl methyl sites for hydroxylation is 1. The fourth-order valence-electron chi connectivity index (χ4n) is 2.88. The van der Waals surface area contributed by atoms with Gasteiger partial charge in [-0.25, -0.2) is 4.39 Å². The van der Waals surface area contributed by atoms with Gasteiger partial charge in [0.1, 0.15) is 12.4 Å². The van der Waals surface area contributed by atoms with Crippen molar-refractivity contribution in [1.82, 2.24) is 10.3 Å². The summed E-state index contributed by atoms with van der Waals surface area (Å²) >= 11 is 0. The number of carbonyl (C=O) groups is 4. The van der Waals surface area contributed by atoms with Gasteiger partial charge < -0.3 is 15.0 Å². The molecule has 8 heteroatoms. The highest BCUT2D eigenvalue weighted by Crippen LogP contribution is 2.20. The van der Waals surface area contributed by atoms with Crippen molar-refractivity contribution in [1.29, 1.82) is 0 Å². The van der Waals surface area contributed by atoms with E-state index in [1.165, 1.54) is 26.0 Å². The molecule has 0 fully saturated rings. The van der Waals surface area contributed by atoms with Gasteiger partial charge in [0.15, 0.2) is 11.9 Å². The standard InChI is InChI=1S/C20H21FN2O5/c1-10-17(12(3)24)11(2)23-18(10)19(26)13(4)28-16(25)9-22-20(27)14-5-7-15(21)8-6-14/h5-8,13,23H,9H2,1-4H3,(H,22,27)/t13-/m0/s1. The second-order valence-electron chi connectivity index (χ2n) is 6.37. The Kier molecular flexibility index (Phi) is 6.45. The number of benzene rings is 1. The molecule has 0 aliphatic rings. The van der Waals surface area contributed by atoms with Crippen LogP contribution in [0.15, 0.2) is 24.3 Å². The second kappa shape index (κ2) is 8.60. The quantitative estimate of drug-likeness (QED) is 0.560. The summed E-state index contributed by atoms with van der Waals surface area (Å²) in [4.78, 5) is 50.9. The molecule has 1 heterocycles. The van der Waals surface area contributed by atoms with Gasteiger partial charge in [-0.15, -0.1) is 0 Å². The lowest BCUT2D eigenvalue weighted by molar-refractivity contribution is -0.145. The Morgan fingerprint density at radius 3 is 2.29 bits per heavy atom. The zero-order valence-corrected chi connectivity index (χ0v) is 16.0. The number of hydrogen-bond acceptors (Lipinski definition) is 5. The van der Waals surface area contributed by atoms with E-state index < -0.39 is 36.1 Å². The van der Waals surface area contributed by atoms with Crippen LogP contribution in [-0.2, 0) is 9.53 Å². The molecule has 148 valence electrons. The average Bonchev–Trinajstić information content (AvgIpc) is 2.93. The highest BCUT2D eigenvalue weighted by atomic mass is 19.1. The Balaban J connectivity index is 1.96. The first kappa shape index (κ1) is 21.0. The van der Waals surface area contributed by atoms with E-state index in [0.29, 0.717) is 16.8 Å². The van der Waals surface area contributed by atoms with Crippen LogP contribution in [0.2, 0.25) is 0 Å². The van der Waals surface area contributed by atoms with Crippen LogP contribution in [0.25, 0.3) is 0 Å². The highest BCUT2D eigenvalue weighted by molar-refractivity contribution is 6.05. The number of ketones is 2. The van der Waals surface area contributed by atoms with Crippen molar-refractivity contribution in [2.75, 3.05) is 6.54 Å². The molecule has 1 amide bonds. The van der Waals surface area contributed by atoms with E-state index in [9.17, 15) is 23.6 Å². The second-order valence-corrected chi connectivity index (χ2v) is 6.37. The molecule has 2 aromatic rings. The number of hydrogen-bond donors (Lipinski definition) is 2. The molecular formula is C20H21FN2O5. The largest absolute Gasteiger partial charge is 0.453 e. The van der Waals surface area contributed by atoms with Crippen molar-refractivity contribution in [3.05, 3.63) is 58.2 Å². The van der Waals surface area contributed by atoms with Crippen LogP contribution in [0.1, 0.15) is 56.3 Å². The summed E-state index contributed by atoms with van der Waals surface area (Å²) in [5.41, 5.74) is 1.90. The molecule has 28 heavy (non-hydrogen) atoms. The fraction of sp³-hybridized carbons (Fsp3) is 0.300. The third kappa shape index (κ3) is 4.70. The lowest BCUT2D eigenvalue weighted by Gasteiger charge is -2.13. The van der Waals surface area contributed by atoms with Crippen molar-refractivity contribution < 1.29 is 28.3 Å². The molecule has 7 nitrogen and oxygen atoms in total. The normalized spacial score (nSPS) is 11.6. The molecule has 0 bridgehead atoms. The summed E-state index contributed by atoms with van der Waals surface area (Å²) in [7, 11) is 0. The van der Waals surface area contributed by atoms with Crippen molar-refractivity contribution in [3.63, 3.8) is 0 Å². The van der Waals surface area contributed by atoms with Crippen molar-refractivity contribution in [3.8, 4) is 0 Å². The number of rotatable bonds is 7. The maximum atomic E-state index is 12.9. The highest BCUT2D eigenvalue weighted by Gasteiger charge is 2.26. The lowest BCUT2D eigenvalue weighted by atomic mass is 10.0. The molecule has 0 radical (unpaired) electrons. The molecule has 0 unspecified atom stereocenters. The summed E-state index contributed by atoms with van der Waals surface area (Å²) in [6, 6.07) is 4.82. The molecule has 0 aliphatic heterocycles. The summed E-state index contributed by atoms with van der Waals surface area (Å²) in [6.07, 6.45) is -1.10. The van der Waals surface area contributed by atoms with Gasteiger partial charge in [-0.1, -0.05) is 0 Å². The number of amides is 1. The van der Waals surface area contributed by atoms with Gasteiger partial charge in [0.2, 0.25) is 5.78 Å². The third-order valence-electron chi connectivity index (χ3n) is 4.21. The van der Waals surface area contributed by atoms with Crippen LogP contribution < -0.4 is 5.32 Å². The molecule has 1 atom stereocenters. The third-order valence-corrected chi connectivity index (χ3v) is 4.21. The molecule has 0 aliphatic carbocycles. The Morgan fingerprint density at radius 2 is 1.75 bits per heavy atom. The number of halogens is 1. The number of aromatic nitrogens is 1. The number of nitrogens with one attached hydrogen (secondary N) is 2. The van der Waals surface area contributed by atoms with Crippen LogP contribution in [0.3, 0.4) is 0 Å². The minimum Gasteiger partial charge on any atom is -0.453 e. The van der Waals surface area contributed by atoms with Crippen molar-refractivity contribution in [2.45, 2.75) is 33.8 Å². The number of H-pyrrole nitrogens is 1. The Hall–Kier alpha value is -3.29. The molecule has 0 saturated carbocycles. The van der Waals surface area contributed by atoms with E-state index in [0.717, 1.165) is 12.1 Å². The van der Waals surface area contributed by atoms with Gasteiger partial charge in [-0.05, 0) is 57.5 Å². The SMILES string of the molecule is CC(=O)c1c(C)[nH]c(C(=O)[C@H](C)OC(=O)CNC(=O)c2ccc(F)cc2)c1C. The summed E-state index contributed by atoms with van der Waals surface area (Å²) in [5.74, 6) is -2.50. The van der Waals surface area contributed by atoms with E-state index >= 15 is 0 Å². The van der Waals surface area contributed by atoms with Gasteiger partial charge in [0, 0.05) is 16.8 Å². The van der Waals surface area contributed by atoms with E-state index in [1.54, 1.807) is 13.8 Å². The van der Waals surface area contributed by atoms with Crippen LogP contribution in [0.4, 0.5) is 4.39 Å². The number of esters is 1. The zero-order chi connectivity index (χ0) is 21.0. The van der Waals surface area contributed by atoms with Crippen molar-refractivity contribution >= 4 is 23.4 Å². The minimum absolute atomic E-state index is 0.168. The first-order chi connectivity index (χ1) is 13.1. The van der Waals surface area contributed by atoms with Gasteiger partial charge in [-0.3, -0.25) is 19.2 Å². The molecule has 1 aromatic carbocycles. The smallest absolute Gasteiger partial charge is 0.326 e. The van der Waals surface area contributed by atoms with E-state index in [1.807, 2.05) is 0 Å². The Bertz CT molecular complexity index is 931. The van der Waals surface area contributed by atoms with E-state index in [4.69, 9.17) is 4.74 Å². The number of carbonyl (C=O) groups excluding carboxylic acids is 4. The Labute approximate surface area is 161 Å². The summed E-state index contributed by atoms with van der Waals surface area (Å²) < 4.78 is 17.9. The van der Waals surface area contributed by atoms with Crippen LogP contribution in [0.5, 0.6) is 0 Å². The maximum absolute atomic E-state index is 12.9. The van der Waals surface area contributed by atoms with Gasteiger partial charge in [0.25, 0.3) is 5.91 Å². The number of ether oxygens (including phenoxy) is 1. The Morgan fingerprint density at radius 1 is 1.14 bits per heavy atom. The van der Waals surface area contributed by atoms with E-state index in [2.05, 4.69) is 10.3 Å². The summed E-state index contributed by atoms with van der Waals surface area (Å²) in [6.45, 7) is 5.69. The van der Waals surface area contributed by atoms with Crippen LogP contribution >= 0.6 is 0 Å². The topological polar surface area (TPSA) is 105 Å².